The number of amides is 2. The van der Waals surface area contributed by atoms with Crippen molar-refractivity contribution in [1.82, 2.24) is 10.6 Å². The molecular formula is C16H22N2O4. The fourth-order valence-corrected chi connectivity index (χ4v) is 1.75. The van der Waals surface area contributed by atoms with Crippen LogP contribution < -0.4 is 10.6 Å². The Morgan fingerprint density at radius 3 is 2.18 bits per heavy atom. The van der Waals surface area contributed by atoms with Crippen LogP contribution in [0.2, 0.25) is 0 Å². The lowest BCUT2D eigenvalue weighted by Crippen LogP contribution is -2.36. The Morgan fingerprint density at radius 1 is 1.05 bits per heavy atom. The summed E-state index contributed by atoms with van der Waals surface area (Å²) in [4.78, 5) is 33.7. The smallest absolute Gasteiger partial charge is 0.335 e. The normalized spacial score (nSPS) is 10.3. The predicted molar refractivity (Wildman–Crippen MR) is 82.6 cm³/mol. The number of carboxylic acids is 1. The first kappa shape index (κ1) is 17.7. The molecule has 0 aliphatic carbocycles. The van der Waals surface area contributed by atoms with E-state index in [9.17, 15) is 14.4 Å². The fraction of sp³-hybridized carbons (Fsp3) is 0.438. The fourth-order valence-electron chi connectivity index (χ4n) is 1.75. The molecule has 0 aliphatic heterocycles. The van der Waals surface area contributed by atoms with Gasteiger partial charge in [0.1, 0.15) is 0 Å². The monoisotopic (exact) mass is 306 g/mol. The summed E-state index contributed by atoms with van der Waals surface area (Å²) >= 11 is 0. The summed E-state index contributed by atoms with van der Waals surface area (Å²) in [6.07, 6.45) is 0.870. The van der Waals surface area contributed by atoms with Gasteiger partial charge < -0.3 is 15.7 Å². The van der Waals surface area contributed by atoms with E-state index >= 15 is 0 Å². The van der Waals surface area contributed by atoms with Gasteiger partial charge in [0, 0.05) is 25.4 Å². The van der Waals surface area contributed by atoms with Crippen LogP contribution >= 0.6 is 0 Å². The highest BCUT2D eigenvalue weighted by Gasteiger charge is 2.06. The molecule has 0 radical (unpaired) electrons. The Labute approximate surface area is 129 Å². The second-order valence-corrected chi connectivity index (χ2v) is 5.30. The zero-order valence-corrected chi connectivity index (χ0v) is 12.9. The minimum atomic E-state index is -0.965. The van der Waals surface area contributed by atoms with Crippen molar-refractivity contribution in [3.05, 3.63) is 35.4 Å². The van der Waals surface area contributed by atoms with Gasteiger partial charge in [0.25, 0.3) is 0 Å². The van der Waals surface area contributed by atoms with Crippen LogP contribution in [0.5, 0.6) is 0 Å². The van der Waals surface area contributed by atoms with Gasteiger partial charge >= 0.3 is 5.97 Å². The number of rotatable bonds is 8. The number of carboxylic acid groups (broad SMARTS) is 1. The van der Waals surface area contributed by atoms with Crippen molar-refractivity contribution in [3.8, 4) is 0 Å². The van der Waals surface area contributed by atoms with Crippen LogP contribution in [0, 0.1) is 5.92 Å². The first-order valence-corrected chi connectivity index (χ1v) is 7.26. The van der Waals surface area contributed by atoms with Crippen molar-refractivity contribution >= 4 is 17.8 Å². The molecule has 0 aromatic heterocycles. The molecule has 6 nitrogen and oxygen atoms in total. The van der Waals surface area contributed by atoms with Crippen molar-refractivity contribution in [1.29, 1.82) is 0 Å². The Morgan fingerprint density at radius 2 is 1.64 bits per heavy atom. The van der Waals surface area contributed by atoms with Crippen LogP contribution in [-0.2, 0) is 16.0 Å². The molecule has 22 heavy (non-hydrogen) atoms. The topological polar surface area (TPSA) is 95.5 Å². The Balaban J connectivity index is 2.23. The minimum Gasteiger partial charge on any atom is -0.478 e. The van der Waals surface area contributed by atoms with E-state index in [1.807, 2.05) is 13.8 Å². The maximum absolute atomic E-state index is 11.7. The van der Waals surface area contributed by atoms with Crippen molar-refractivity contribution in [3.63, 3.8) is 0 Å². The maximum Gasteiger partial charge on any atom is 0.335 e. The summed E-state index contributed by atoms with van der Waals surface area (Å²) in [7, 11) is 0. The highest BCUT2D eigenvalue weighted by molar-refractivity contribution is 5.87. The van der Waals surface area contributed by atoms with Crippen LogP contribution in [0.3, 0.4) is 0 Å². The zero-order valence-electron chi connectivity index (χ0n) is 12.9. The molecule has 2 amide bonds. The van der Waals surface area contributed by atoms with Crippen molar-refractivity contribution < 1.29 is 19.5 Å². The molecule has 1 aromatic rings. The molecule has 0 unspecified atom stereocenters. The molecule has 0 heterocycles. The molecule has 120 valence electrons. The molecule has 0 bridgehead atoms. The van der Waals surface area contributed by atoms with Crippen LogP contribution in [0.1, 0.15) is 36.2 Å². The van der Waals surface area contributed by atoms with Crippen molar-refractivity contribution in [2.45, 2.75) is 26.7 Å². The van der Waals surface area contributed by atoms with E-state index in [0.29, 0.717) is 25.9 Å². The number of hydrogen-bond acceptors (Lipinski definition) is 3. The molecule has 1 rings (SSSR count). The molecule has 0 aliphatic rings. The highest BCUT2D eigenvalue weighted by Crippen LogP contribution is 2.06. The molecular weight excluding hydrogens is 284 g/mol. The summed E-state index contributed by atoms with van der Waals surface area (Å²) < 4.78 is 0. The van der Waals surface area contributed by atoms with Crippen molar-refractivity contribution in [2.24, 2.45) is 5.92 Å². The number of carbonyl (C=O) groups is 3. The maximum atomic E-state index is 11.7. The van der Waals surface area contributed by atoms with Gasteiger partial charge in [-0.3, -0.25) is 9.59 Å². The average molecular weight is 306 g/mol. The van der Waals surface area contributed by atoms with Crippen LogP contribution in [-0.4, -0.2) is 36.0 Å². The van der Waals surface area contributed by atoms with E-state index in [0.717, 1.165) is 5.56 Å². The van der Waals surface area contributed by atoms with E-state index in [1.165, 1.54) is 12.1 Å². The second-order valence-electron chi connectivity index (χ2n) is 5.30. The van der Waals surface area contributed by atoms with E-state index in [1.54, 1.807) is 12.1 Å². The van der Waals surface area contributed by atoms with E-state index in [4.69, 9.17) is 5.11 Å². The minimum absolute atomic E-state index is 0.0345. The molecule has 3 N–H and O–H groups in total. The van der Waals surface area contributed by atoms with Crippen molar-refractivity contribution in [2.75, 3.05) is 13.1 Å². The van der Waals surface area contributed by atoms with E-state index in [-0.39, 0.29) is 23.3 Å². The number of aryl methyl sites for hydroxylation is 1. The van der Waals surface area contributed by atoms with Gasteiger partial charge in [-0.05, 0) is 24.1 Å². The molecule has 0 fully saturated rings. The lowest BCUT2D eigenvalue weighted by molar-refractivity contribution is -0.124. The third-order valence-corrected chi connectivity index (χ3v) is 3.11. The zero-order chi connectivity index (χ0) is 16.5. The third kappa shape index (κ3) is 6.39. The first-order chi connectivity index (χ1) is 10.4. The average Bonchev–Trinajstić information content (AvgIpc) is 2.49. The molecule has 0 spiro atoms. The van der Waals surface area contributed by atoms with Gasteiger partial charge in [0.05, 0.1) is 5.56 Å². The number of benzene rings is 1. The molecule has 0 atom stereocenters. The molecule has 0 saturated heterocycles. The second kappa shape index (κ2) is 8.81. The Kier molecular flexibility index (Phi) is 7.08. The number of hydrogen-bond donors (Lipinski definition) is 3. The van der Waals surface area contributed by atoms with Gasteiger partial charge in [0.2, 0.25) is 11.8 Å². The van der Waals surface area contributed by atoms with Gasteiger partial charge in [-0.2, -0.15) is 0 Å². The third-order valence-electron chi connectivity index (χ3n) is 3.11. The van der Waals surface area contributed by atoms with Gasteiger partial charge in [-0.15, -0.1) is 0 Å². The summed E-state index contributed by atoms with van der Waals surface area (Å²) in [5, 5.41) is 14.2. The van der Waals surface area contributed by atoms with E-state index < -0.39 is 5.97 Å². The summed E-state index contributed by atoms with van der Waals surface area (Å²) in [5.41, 5.74) is 1.14. The van der Waals surface area contributed by atoms with Gasteiger partial charge in [-0.1, -0.05) is 26.0 Å². The first-order valence-electron chi connectivity index (χ1n) is 7.26. The van der Waals surface area contributed by atoms with Crippen LogP contribution in [0.25, 0.3) is 0 Å². The van der Waals surface area contributed by atoms with Crippen LogP contribution in [0.4, 0.5) is 0 Å². The molecule has 6 heteroatoms. The lowest BCUT2D eigenvalue weighted by atomic mass is 10.1. The standard InChI is InChI=1S/C16H22N2O4/c1-11(2)15(20)18-10-9-17-14(19)8-5-12-3-6-13(7-4-12)16(21)22/h3-4,6-7,11H,5,8-10H2,1-2H3,(H,17,19)(H,18,20)(H,21,22). The SMILES string of the molecule is CC(C)C(=O)NCCNC(=O)CCc1ccc(C(=O)O)cc1. The molecule has 1 aromatic carbocycles. The summed E-state index contributed by atoms with van der Waals surface area (Å²) in [6.45, 7) is 4.43. The summed E-state index contributed by atoms with van der Waals surface area (Å²) in [6, 6.07) is 6.47. The number of nitrogens with one attached hydrogen (secondary N) is 2. The van der Waals surface area contributed by atoms with Gasteiger partial charge in [0.15, 0.2) is 0 Å². The Hall–Kier alpha value is -2.37. The van der Waals surface area contributed by atoms with Gasteiger partial charge in [-0.25, -0.2) is 4.79 Å². The summed E-state index contributed by atoms with van der Waals surface area (Å²) in [5.74, 6) is -1.16. The highest BCUT2D eigenvalue weighted by atomic mass is 16.4. The lowest BCUT2D eigenvalue weighted by Gasteiger charge is -2.09. The Bertz CT molecular complexity index is 523. The predicted octanol–water partition coefficient (Wildman–Crippen LogP) is 1.21. The van der Waals surface area contributed by atoms with E-state index in [2.05, 4.69) is 10.6 Å². The van der Waals surface area contributed by atoms with Crippen LogP contribution in [0.15, 0.2) is 24.3 Å². The number of aromatic carboxylic acids is 1. The molecule has 0 saturated carbocycles. The quantitative estimate of drug-likeness (QED) is 0.629. The number of carbonyl (C=O) groups excluding carboxylic acids is 2. The largest absolute Gasteiger partial charge is 0.478 e.